The zero-order valence-corrected chi connectivity index (χ0v) is 18.5. The van der Waals surface area contributed by atoms with Gasteiger partial charge in [0.15, 0.2) is 5.11 Å². The minimum atomic E-state index is -0.584. The third-order valence-corrected chi connectivity index (χ3v) is 5.77. The summed E-state index contributed by atoms with van der Waals surface area (Å²) in [5, 5.41) is 10.2. The maximum absolute atomic E-state index is 14.3. The molecule has 1 aliphatic carbocycles. The number of thiocarbonyl (C=S) groups is 1. The van der Waals surface area contributed by atoms with Gasteiger partial charge in [-0.2, -0.15) is 0 Å². The molecule has 2 atom stereocenters. The van der Waals surface area contributed by atoms with Crippen molar-refractivity contribution in [3.05, 3.63) is 40.4 Å². The standard InChI is InChI=1S/C21H25ClFN3O2S/c1-11-8-13(10-21(3,4)9-11)24-20(29)25-19(27)16-12(2)28-26-18(16)17-14(22)6-5-7-15(17)23/h5-7,11,13H,8-10H2,1-4H3,(H2,24,25,27,29)/t11-,13+/m1/s1. The van der Waals surface area contributed by atoms with E-state index in [1.807, 2.05) is 0 Å². The van der Waals surface area contributed by atoms with Crippen molar-refractivity contribution >= 4 is 34.8 Å². The molecule has 1 amide bonds. The molecule has 1 aliphatic rings. The number of benzene rings is 1. The topological polar surface area (TPSA) is 67.2 Å². The summed E-state index contributed by atoms with van der Waals surface area (Å²) in [4.78, 5) is 12.9. The number of hydrogen-bond acceptors (Lipinski definition) is 4. The molecule has 1 aromatic heterocycles. The van der Waals surface area contributed by atoms with Gasteiger partial charge in [-0.3, -0.25) is 10.1 Å². The average molecular weight is 438 g/mol. The molecule has 156 valence electrons. The number of carbonyl (C=O) groups is 1. The Balaban J connectivity index is 1.77. The molecule has 5 nitrogen and oxygen atoms in total. The summed E-state index contributed by atoms with van der Waals surface area (Å²) < 4.78 is 19.5. The highest BCUT2D eigenvalue weighted by Crippen LogP contribution is 2.38. The molecular formula is C21H25ClFN3O2S. The highest BCUT2D eigenvalue weighted by atomic mass is 35.5. The molecule has 1 saturated carbocycles. The van der Waals surface area contributed by atoms with Crippen LogP contribution in [0.1, 0.15) is 56.2 Å². The lowest BCUT2D eigenvalue weighted by Crippen LogP contribution is -2.48. The third kappa shape index (κ3) is 4.95. The first-order valence-electron chi connectivity index (χ1n) is 9.60. The molecule has 2 N–H and O–H groups in total. The minimum Gasteiger partial charge on any atom is -0.360 e. The second kappa shape index (κ2) is 8.40. The second-order valence-electron chi connectivity index (χ2n) is 8.60. The van der Waals surface area contributed by atoms with Crippen molar-refractivity contribution in [1.29, 1.82) is 0 Å². The fourth-order valence-corrected chi connectivity index (χ4v) is 4.89. The lowest BCUT2D eigenvalue weighted by molar-refractivity contribution is 0.0974. The number of nitrogens with one attached hydrogen (secondary N) is 2. The fourth-order valence-electron chi connectivity index (χ4n) is 4.38. The van der Waals surface area contributed by atoms with E-state index in [1.165, 1.54) is 18.2 Å². The minimum absolute atomic E-state index is 0.0258. The van der Waals surface area contributed by atoms with Gasteiger partial charge in [0.05, 0.1) is 10.6 Å². The van der Waals surface area contributed by atoms with Crippen LogP contribution in [0.25, 0.3) is 11.3 Å². The normalized spacial score (nSPS) is 20.9. The van der Waals surface area contributed by atoms with Gasteiger partial charge in [-0.05, 0) is 61.9 Å². The van der Waals surface area contributed by atoms with E-state index in [0.29, 0.717) is 5.92 Å². The zero-order valence-electron chi connectivity index (χ0n) is 16.9. The first kappa shape index (κ1) is 21.7. The predicted octanol–water partition coefficient (Wildman–Crippen LogP) is 5.26. The monoisotopic (exact) mass is 437 g/mol. The van der Waals surface area contributed by atoms with Crippen LogP contribution in [-0.4, -0.2) is 22.2 Å². The Hall–Kier alpha value is -1.99. The number of aryl methyl sites for hydroxylation is 1. The number of hydrogen-bond donors (Lipinski definition) is 2. The Kier molecular flexibility index (Phi) is 6.29. The molecular weight excluding hydrogens is 413 g/mol. The highest BCUT2D eigenvalue weighted by Gasteiger charge is 2.33. The molecule has 1 heterocycles. The van der Waals surface area contributed by atoms with Crippen LogP contribution in [0.5, 0.6) is 0 Å². The van der Waals surface area contributed by atoms with Crippen molar-refractivity contribution in [3.63, 3.8) is 0 Å². The van der Waals surface area contributed by atoms with Gasteiger partial charge in [-0.25, -0.2) is 4.39 Å². The van der Waals surface area contributed by atoms with Gasteiger partial charge < -0.3 is 9.84 Å². The summed E-state index contributed by atoms with van der Waals surface area (Å²) in [7, 11) is 0. The van der Waals surface area contributed by atoms with Gasteiger partial charge in [-0.1, -0.05) is 43.6 Å². The summed E-state index contributed by atoms with van der Waals surface area (Å²) >= 11 is 11.5. The van der Waals surface area contributed by atoms with Gasteiger partial charge >= 0.3 is 0 Å². The Bertz CT molecular complexity index is 924. The molecule has 1 aromatic carbocycles. The lowest BCUT2D eigenvalue weighted by Gasteiger charge is -2.39. The SMILES string of the molecule is Cc1onc(-c2c(F)cccc2Cl)c1C(=O)NC(=S)N[C@H]1C[C@@H](C)CC(C)(C)C1. The van der Waals surface area contributed by atoms with E-state index < -0.39 is 11.7 Å². The summed E-state index contributed by atoms with van der Waals surface area (Å²) in [6.45, 7) is 8.29. The van der Waals surface area contributed by atoms with Gasteiger partial charge in [0.25, 0.3) is 5.91 Å². The first-order chi connectivity index (χ1) is 13.6. The van der Waals surface area contributed by atoms with Gasteiger partial charge in [-0.15, -0.1) is 0 Å². The van der Waals surface area contributed by atoms with Crippen molar-refractivity contribution in [1.82, 2.24) is 15.8 Å². The van der Waals surface area contributed by atoms with E-state index in [0.717, 1.165) is 19.3 Å². The Morgan fingerprint density at radius 2 is 2.10 bits per heavy atom. The van der Waals surface area contributed by atoms with Crippen molar-refractivity contribution in [2.24, 2.45) is 11.3 Å². The molecule has 1 fully saturated rings. The average Bonchev–Trinajstić information content (AvgIpc) is 2.94. The van der Waals surface area contributed by atoms with Crippen LogP contribution in [0.2, 0.25) is 5.02 Å². The number of aromatic nitrogens is 1. The first-order valence-corrected chi connectivity index (χ1v) is 10.4. The molecule has 2 aromatic rings. The lowest BCUT2D eigenvalue weighted by atomic mass is 9.71. The number of halogens is 2. The molecule has 0 saturated heterocycles. The van der Waals surface area contributed by atoms with Gasteiger partial charge in [0.1, 0.15) is 22.8 Å². The molecule has 0 radical (unpaired) electrons. The molecule has 0 spiro atoms. The third-order valence-electron chi connectivity index (χ3n) is 5.24. The summed E-state index contributed by atoms with van der Waals surface area (Å²) in [5.74, 6) is -0.269. The Labute approximate surface area is 180 Å². The van der Waals surface area contributed by atoms with Crippen molar-refractivity contribution in [2.45, 2.75) is 53.0 Å². The highest BCUT2D eigenvalue weighted by molar-refractivity contribution is 7.80. The summed E-state index contributed by atoms with van der Waals surface area (Å²) in [5.41, 5.74) is 0.407. The van der Waals surface area contributed by atoms with Crippen LogP contribution in [0, 0.1) is 24.1 Å². The largest absolute Gasteiger partial charge is 0.360 e. The van der Waals surface area contributed by atoms with E-state index in [1.54, 1.807) is 6.92 Å². The summed E-state index contributed by atoms with van der Waals surface area (Å²) in [6, 6.07) is 4.46. The quantitative estimate of drug-likeness (QED) is 0.641. The smallest absolute Gasteiger partial charge is 0.263 e. The summed E-state index contributed by atoms with van der Waals surface area (Å²) in [6.07, 6.45) is 3.12. The molecule has 0 unspecified atom stereocenters. The van der Waals surface area contributed by atoms with Crippen LogP contribution in [-0.2, 0) is 0 Å². The van der Waals surface area contributed by atoms with Crippen LogP contribution < -0.4 is 10.6 Å². The Morgan fingerprint density at radius 3 is 2.76 bits per heavy atom. The van der Waals surface area contributed by atoms with E-state index in [9.17, 15) is 9.18 Å². The fraction of sp³-hybridized carbons (Fsp3) is 0.476. The predicted molar refractivity (Wildman–Crippen MR) is 115 cm³/mol. The number of amides is 1. The molecule has 8 heteroatoms. The van der Waals surface area contributed by atoms with Crippen LogP contribution in [0.3, 0.4) is 0 Å². The zero-order chi connectivity index (χ0) is 21.3. The number of nitrogens with zero attached hydrogens (tertiary/aromatic N) is 1. The van der Waals surface area contributed by atoms with Crippen LogP contribution in [0.4, 0.5) is 4.39 Å². The van der Waals surface area contributed by atoms with Gasteiger partial charge in [0.2, 0.25) is 0 Å². The van der Waals surface area contributed by atoms with Crippen LogP contribution in [0.15, 0.2) is 22.7 Å². The van der Waals surface area contributed by atoms with E-state index in [-0.39, 0.29) is 44.2 Å². The molecule has 3 rings (SSSR count). The molecule has 0 bridgehead atoms. The van der Waals surface area contributed by atoms with Crippen molar-refractivity contribution in [2.75, 3.05) is 0 Å². The molecule has 0 aliphatic heterocycles. The number of carbonyl (C=O) groups excluding carboxylic acids is 1. The van der Waals surface area contributed by atoms with E-state index >= 15 is 0 Å². The Morgan fingerprint density at radius 1 is 1.38 bits per heavy atom. The van der Waals surface area contributed by atoms with E-state index in [4.69, 9.17) is 28.3 Å². The second-order valence-corrected chi connectivity index (χ2v) is 9.41. The van der Waals surface area contributed by atoms with Gasteiger partial charge in [0, 0.05) is 6.04 Å². The van der Waals surface area contributed by atoms with E-state index in [2.05, 4.69) is 36.6 Å². The van der Waals surface area contributed by atoms with Crippen molar-refractivity contribution < 1.29 is 13.7 Å². The maximum atomic E-state index is 14.3. The number of rotatable bonds is 3. The van der Waals surface area contributed by atoms with Crippen LogP contribution >= 0.6 is 23.8 Å². The van der Waals surface area contributed by atoms with Crippen molar-refractivity contribution in [3.8, 4) is 11.3 Å². The molecule has 29 heavy (non-hydrogen) atoms. The maximum Gasteiger partial charge on any atom is 0.263 e.